The summed E-state index contributed by atoms with van der Waals surface area (Å²) in [6, 6.07) is 6.99. The van der Waals surface area contributed by atoms with Crippen molar-refractivity contribution < 1.29 is 0 Å². The fraction of sp³-hybridized carbons (Fsp3) is 0.625. The topological polar surface area (TPSA) is 12.9 Å². The van der Waals surface area contributed by atoms with Crippen molar-refractivity contribution in [3.05, 3.63) is 40.6 Å². The first-order valence-electron chi connectivity index (χ1n) is 10.6. The number of unbranched alkanes of at least 4 members (excludes halogenated alkanes) is 7. The first-order valence-corrected chi connectivity index (χ1v) is 10.6. The van der Waals surface area contributed by atoms with Gasteiger partial charge >= 0.3 is 0 Å². The van der Waals surface area contributed by atoms with Crippen LogP contribution in [0.1, 0.15) is 94.0 Å². The van der Waals surface area contributed by atoms with E-state index in [0.717, 1.165) is 6.42 Å². The van der Waals surface area contributed by atoms with Gasteiger partial charge in [-0.1, -0.05) is 64.9 Å². The molecule has 1 heterocycles. The summed E-state index contributed by atoms with van der Waals surface area (Å²) >= 11 is 0. The minimum absolute atomic E-state index is 1.15. The van der Waals surface area contributed by atoms with Crippen LogP contribution in [-0.2, 0) is 12.8 Å². The van der Waals surface area contributed by atoms with Crippen LogP contribution in [0.2, 0.25) is 0 Å². The lowest BCUT2D eigenvalue weighted by atomic mass is 9.97. The molecule has 0 aliphatic carbocycles. The second-order valence-corrected chi connectivity index (χ2v) is 7.72. The number of aromatic nitrogens is 1. The first-order chi connectivity index (χ1) is 12.2. The third-order valence-corrected chi connectivity index (χ3v) is 5.27. The van der Waals surface area contributed by atoms with Gasteiger partial charge in [-0.2, -0.15) is 0 Å². The van der Waals surface area contributed by atoms with Crippen molar-refractivity contribution in [1.82, 2.24) is 4.98 Å². The highest BCUT2D eigenvalue weighted by atomic mass is 14.7. The monoisotopic (exact) mass is 339 g/mol. The normalized spacial score (nSPS) is 11.4. The van der Waals surface area contributed by atoms with Crippen molar-refractivity contribution in [3.8, 4) is 0 Å². The first kappa shape index (κ1) is 19.9. The standard InChI is InChI=1S/C24H37N/c1-5-7-9-11-13-15-23-21(14-12-10-8-6-2)18-22-20(4)16-19(3)17-24(22)25-23/h16-18H,5-15H2,1-4H3. The van der Waals surface area contributed by atoms with Crippen LogP contribution in [0.3, 0.4) is 0 Å². The molecule has 2 rings (SSSR count). The van der Waals surface area contributed by atoms with Crippen molar-refractivity contribution in [1.29, 1.82) is 0 Å². The zero-order valence-electron chi connectivity index (χ0n) is 17.0. The van der Waals surface area contributed by atoms with Gasteiger partial charge in [0.15, 0.2) is 0 Å². The molecule has 0 saturated carbocycles. The van der Waals surface area contributed by atoms with E-state index in [2.05, 4.69) is 45.9 Å². The van der Waals surface area contributed by atoms with Gasteiger partial charge in [-0.05, 0) is 68.4 Å². The molecule has 0 aliphatic heterocycles. The summed E-state index contributed by atoms with van der Waals surface area (Å²) in [7, 11) is 0. The lowest BCUT2D eigenvalue weighted by molar-refractivity contribution is 0.623. The minimum atomic E-state index is 1.15. The van der Waals surface area contributed by atoms with E-state index >= 15 is 0 Å². The third kappa shape index (κ3) is 6.13. The number of fused-ring (bicyclic) bond motifs is 1. The van der Waals surface area contributed by atoms with Crippen LogP contribution >= 0.6 is 0 Å². The molecule has 0 saturated heterocycles. The summed E-state index contributed by atoms with van der Waals surface area (Å²) in [5.74, 6) is 0. The summed E-state index contributed by atoms with van der Waals surface area (Å²) in [6.07, 6.45) is 14.3. The van der Waals surface area contributed by atoms with Crippen LogP contribution in [0, 0.1) is 13.8 Å². The Kier molecular flexibility index (Phi) is 8.44. The molecule has 1 aromatic carbocycles. The maximum atomic E-state index is 5.11. The molecule has 0 N–H and O–H groups in total. The van der Waals surface area contributed by atoms with Gasteiger partial charge in [0.25, 0.3) is 0 Å². The largest absolute Gasteiger partial charge is 0.253 e. The Morgan fingerprint density at radius 3 is 2.08 bits per heavy atom. The number of hydrogen-bond acceptors (Lipinski definition) is 1. The molecule has 0 bridgehead atoms. The van der Waals surface area contributed by atoms with E-state index in [1.807, 2.05) is 0 Å². The molecular weight excluding hydrogens is 302 g/mol. The fourth-order valence-electron chi connectivity index (χ4n) is 3.78. The quantitative estimate of drug-likeness (QED) is 0.386. The summed E-state index contributed by atoms with van der Waals surface area (Å²) in [5, 5.41) is 1.35. The molecule has 2 aromatic rings. The highest BCUT2D eigenvalue weighted by molar-refractivity contribution is 5.83. The van der Waals surface area contributed by atoms with Gasteiger partial charge in [0.2, 0.25) is 0 Å². The predicted molar refractivity (Wildman–Crippen MR) is 112 cm³/mol. The molecule has 25 heavy (non-hydrogen) atoms. The van der Waals surface area contributed by atoms with Crippen LogP contribution in [0.15, 0.2) is 18.2 Å². The average Bonchev–Trinajstić information content (AvgIpc) is 2.58. The van der Waals surface area contributed by atoms with E-state index in [1.54, 1.807) is 0 Å². The second-order valence-electron chi connectivity index (χ2n) is 7.72. The van der Waals surface area contributed by atoms with Crippen LogP contribution in [-0.4, -0.2) is 4.98 Å². The fourth-order valence-corrected chi connectivity index (χ4v) is 3.78. The van der Waals surface area contributed by atoms with Crippen molar-refractivity contribution in [2.75, 3.05) is 0 Å². The Morgan fingerprint density at radius 1 is 0.720 bits per heavy atom. The molecule has 0 atom stereocenters. The molecule has 1 nitrogen and oxygen atoms in total. The molecule has 0 amide bonds. The van der Waals surface area contributed by atoms with Crippen LogP contribution in [0.25, 0.3) is 10.9 Å². The Hall–Kier alpha value is -1.37. The average molecular weight is 340 g/mol. The maximum absolute atomic E-state index is 5.11. The zero-order valence-corrected chi connectivity index (χ0v) is 17.0. The molecule has 1 heteroatoms. The number of aryl methyl sites for hydroxylation is 4. The highest BCUT2D eigenvalue weighted by Gasteiger charge is 2.09. The van der Waals surface area contributed by atoms with E-state index in [-0.39, 0.29) is 0 Å². The zero-order chi connectivity index (χ0) is 18.1. The van der Waals surface area contributed by atoms with Gasteiger partial charge in [0.05, 0.1) is 5.52 Å². The summed E-state index contributed by atoms with van der Waals surface area (Å²) in [4.78, 5) is 5.11. The number of benzene rings is 1. The number of rotatable bonds is 11. The third-order valence-electron chi connectivity index (χ3n) is 5.27. The summed E-state index contributed by atoms with van der Waals surface area (Å²) < 4.78 is 0. The number of hydrogen-bond donors (Lipinski definition) is 0. The smallest absolute Gasteiger partial charge is 0.0710 e. The predicted octanol–water partition coefficient (Wildman–Crippen LogP) is 7.49. The van der Waals surface area contributed by atoms with E-state index in [4.69, 9.17) is 4.98 Å². The summed E-state index contributed by atoms with van der Waals surface area (Å²) in [5.41, 5.74) is 6.75. The second kappa shape index (κ2) is 10.6. The Morgan fingerprint density at radius 2 is 1.36 bits per heavy atom. The molecule has 0 spiro atoms. The van der Waals surface area contributed by atoms with Crippen LogP contribution in [0.5, 0.6) is 0 Å². The van der Waals surface area contributed by atoms with Crippen molar-refractivity contribution in [2.24, 2.45) is 0 Å². The molecule has 138 valence electrons. The number of nitrogens with zero attached hydrogens (tertiary/aromatic N) is 1. The van der Waals surface area contributed by atoms with Gasteiger partial charge in [-0.25, -0.2) is 0 Å². The minimum Gasteiger partial charge on any atom is -0.253 e. The molecule has 0 radical (unpaired) electrons. The van der Waals surface area contributed by atoms with Crippen molar-refractivity contribution >= 4 is 10.9 Å². The Bertz CT molecular complexity index is 657. The Labute approximate surface area is 155 Å². The molecule has 1 aromatic heterocycles. The van der Waals surface area contributed by atoms with Gasteiger partial charge < -0.3 is 0 Å². The summed E-state index contributed by atoms with van der Waals surface area (Å²) in [6.45, 7) is 8.97. The molecule has 0 unspecified atom stereocenters. The van der Waals surface area contributed by atoms with Gasteiger partial charge in [-0.3, -0.25) is 4.98 Å². The van der Waals surface area contributed by atoms with Crippen molar-refractivity contribution in [3.63, 3.8) is 0 Å². The van der Waals surface area contributed by atoms with Crippen molar-refractivity contribution in [2.45, 2.75) is 98.3 Å². The van der Waals surface area contributed by atoms with E-state index in [0.29, 0.717) is 0 Å². The van der Waals surface area contributed by atoms with E-state index in [9.17, 15) is 0 Å². The molecule has 0 aliphatic rings. The number of pyridine rings is 1. The van der Waals surface area contributed by atoms with Gasteiger partial charge in [0, 0.05) is 11.1 Å². The SMILES string of the molecule is CCCCCCCc1nc2cc(C)cc(C)c2cc1CCCCCC. The molecule has 0 fully saturated rings. The van der Waals surface area contributed by atoms with Gasteiger partial charge in [-0.15, -0.1) is 0 Å². The van der Waals surface area contributed by atoms with Gasteiger partial charge in [0.1, 0.15) is 0 Å². The lowest BCUT2D eigenvalue weighted by Gasteiger charge is -2.13. The van der Waals surface area contributed by atoms with E-state index in [1.165, 1.54) is 97.5 Å². The maximum Gasteiger partial charge on any atom is 0.0710 e. The van der Waals surface area contributed by atoms with Crippen LogP contribution in [0.4, 0.5) is 0 Å². The van der Waals surface area contributed by atoms with E-state index < -0.39 is 0 Å². The van der Waals surface area contributed by atoms with Crippen LogP contribution < -0.4 is 0 Å². The Balaban J connectivity index is 2.18. The lowest BCUT2D eigenvalue weighted by Crippen LogP contribution is -2.01. The molecular formula is C24H37N. The highest BCUT2D eigenvalue weighted by Crippen LogP contribution is 2.24.